The molecule has 0 fully saturated rings. The molecule has 5 nitrogen and oxygen atoms in total. The first-order chi connectivity index (χ1) is 7.22. The van der Waals surface area contributed by atoms with Gasteiger partial charge in [-0.15, -0.1) is 13.2 Å². The highest BCUT2D eigenvalue weighted by atomic mass is 35.5. The zero-order chi connectivity index (χ0) is 12.5. The molecule has 16 heavy (non-hydrogen) atoms. The molecule has 0 aliphatic carbocycles. The summed E-state index contributed by atoms with van der Waals surface area (Å²) in [6, 6.07) is 0. The standard InChI is InChI=1S/C7H4ClF3N2O3/c8-3-2(14)1-13-4(6(12)15)5(3)16-7(9,10)11/h1,14H,(H2,12,15). The van der Waals surface area contributed by atoms with Crippen LogP contribution in [0.5, 0.6) is 11.5 Å². The third-order valence-electron chi connectivity index (χ3n) is 1.41. The number of nitrogens with zero attached hydrogens (tertiary/aromatic N) is 1. The summed E-state index contributed by atoms with van der Waals surface area (Å²) in [5.74, 6) is -3.14. The Morgan fingerprint density at radius 1 is 1.56 bits per heavy atom. The third kappa shape index (κ3) is 2.66. The molecule has 1 rings (SSSR count). The van der Waals surface area contributed by atoms with Crippen LogP contribution in [0.4, 0.5) is 13.2 Å². The number of hydrogen-bond donors (Lipinski definition) is 2. The second-order valence-corrected chi connectivity index (χ2v) is 2.93. The highest BCUT2D eigenvalue weighted by Crippen LogP contribution is 2.37. The Labute approximate surface area is 91.6 Å². The number of primary amides is 1. The molecule has 0 unspecified atom stereocenters. The monoisotopic (exact) mass is 256 g/mol. The van der Waals surface area contributed by atoms with E-state index in [-0.39, 0.29) is 0 Å². The Hall–Kier alpha value is -1.70. The average molecular weight is 257 g/mol. The molecule has 1 aromatic heterocycles. The maximum Gasteiger partial charge on any atom is 0.573 e. The number of ether oxygens (including phenoxy) is 1. The van der Waals surface area contributed by atoms with Crippen molar-refractivity contribution in [2.24, 2.45) is 5.73 Å². The summed E-state index contributed by atoms with van der Waals surface area (Å²) in [4.78, 5) is 13.9. The maximum absolute atomic E-state index is 12.0. The minimum atomic E-state index is -5.08. The molecule has 0 atom stereocenters. The largest absolute Gasteiger partial charge is 0.573 e. The van der Waals surface area contributed by atoms with Gasteiger partial charge in [0.2, 0.25) is 0 Å². The number of nitrogens with two attached hydrogens (primary N) is 1. The van der Waals surface area contributed by atoms with E-state index in [2.05, 4.69) is 9.72 Å². The Balaban J connectivity index is 3.32. The van der Waals surface area contributed by atoms with Gasteiger partial charge in [0.15, 0.2) is 17.2 Å². The van der Waals surface area contributed by atoms with Crippen LogP contribution >= 0.6 is 11.6 Å². The van der Waals surface area contributed by atoms with Gasteiger partial charge in [0.1, 0.15) is 5.02 Å². The molecule has 3 N–H and O–H groups in total. The fourth-order valence-electron chi connectivity index (χ4n) is 0.846. The number of rotatable bonds is 2. The average Bonchev–Trinajstić information content (AvgIpc) is 2.10. The summed E-state index contributed by atoms with van der Waals surface area (Å²) < 4.78 is 39.3. The molecule has 9 heteroatoms. The number of carbonyl (C=O) groups excluding carboxylic acids is 1. The lowest BCUT2D eigenvalue weighted by atomic mass is 10.3. The Morgan fingerprint density at radius 2 is 2.12 bits per heavy atom. The Morgan fingerprint density at radius 3 is 2.56 bits per heavy atom. The van der Waals surface area contributed by atoms with Gasteiger partial charge in [0, 0.05) is 0 Å². The molecule has 0 radical (unpaired) electrons. The third-order valence-corrected chi connectivity index (χ3v) is 1.77. The molecule has 0 saturated carbocycles. The highest BCUT2D eigenvalue weighted by molar-refractivity contribution is 6.34. The molecule has 1 aromatic rings. The van der Waals surface area contributed by atoms with Crippen molar-refractivity contribution in [3.8, 4) is 11.5 Å². The van der Waals surface area contributed by atoms with E-state index in [0.29, 0.717) is 6.20 Å². The van der Waals surface area contributed by atoms with Crippen molar-refractivity contribution >= 4 is 17.5 Å². The normalized spacial score (nSPS) is 11.2. The predicted octanol–water partition coefficient (Wildman–Crippen LogP) is 1.44. The minimum absolute atomic E-state index is 0.686. The molecule has 0 aliphatic rings. The molecule has 0 saturated heterocycles. The van der Waals surface area contributed by atoms with Crippen molar-refractivity contribution in [2.45, 2.75) is 6.36 Å². The van der Waals surface area contributed by atoms with Crippen molar-refractivity contribution in [1.82, 2.24) is 4.98 Å². The SMILES string of the molecule is NC(=O)c1ncc(O)c(Cl)c1OC(F)(F)F. The first-order valence-corrected chi connectivity index (χ1v) is 4.03. The van der Waals surface area contributed by atoms with Crippen molar-refractivity contribution in [3.05, 3.63) is 16.9 Å². The maximum atomic E-state index is 12.0. The number of aromatic hydroxyl groups is 1. The number of hydrogen-bond acceptors (Lipinski definition) is 4. The molecular formula is C7H4ClF3N2O3. The van der Waals surface area contributed by atoms with E-state index in [4.69, 9.17) is 22.4 Å². The lowest BCUT2D eigenvalue weighted by molar-refractivity contribution is -0.274. The first-order valence-electron chi connectivity index (χ1n) is 3.65. The Bertz CT molecular complexity index is 436. The predicted molar refractivity (Wildman–Crippen MR) is 46.1 cm³/mol. The van der Waals surface area contributed by atoms with Crippen molar-refractivity contribution < 1.29 is 27.8 Å². The summed E-state index contributed by atoms with van der Waals surface area (Å²) >= 11 is 5.33. The quantitative estimate of drug-likeness (QED) is 0.838. The van der Waals surface area contributed by atoms with Crippen LogP contribution in [0.2, 0.25) is 5.02 Å². The smallest absolute Gasteiger partial charge is 0.505 e. The van der Waals surface area contributed by atoms with Crippen molar-refractivity contribution in [3.63, 3.8) is 0 Å². The van der Waals surface area contributed by atoms with Crippen LogP contribution in [-0.4, -0.2) is 22.4 Å². The van der Waals surface area contributed by atoms with E-state index in [1.54, 1.807) is 0 Å². The van der Waals surface area contributed by atoms with Gasteiger partial charge >= 0.3 is 6.36 Å². The van der Waals surface area contributed by atoms with Crippen LogP contribution in [0.25, 0.3) is 0 Å². The topological polar surface area (TPSA) is 85.4 Å². The minimum Gasteiger partial charge on any atom is -0.505 e. The summed E-state index contributed by atoms with van der Waals surface area (Å²) in [5, 5.41) is 8.22. The van der Waals surface area contributed by atoms with Crippen LogP contribution in [-0.2, 0) is 0 Å². The molecule has 88 valence electrons. The van der Waals surface area contributed by atoms with Gasteiger partial charge in [0.05, 0.1) is 6.20 Å². The zero-order valence-corrected chi connectivity index (χ0v) is 8.13. The van der Waals surface area contributed by atoms with Crippen LogP contribution in [0, 0.1) is 0 Å². The Kier molecular flexibility index (Phi) is 3.13. The lowest BCUT2D eigenvalue weighted by Crippen LogP contribution is -2.22. The van der Waals surface area contributed by atoms with Gasteiger partial charge in [-0.05, 0) is 0 Å². The fourth-order valence-corrected chi connectivity index (χ4v) is 1.02. The summed E-state index contributed by atoms with van der Waals surface area (Å²) in [6.45, 7) is 0. The van der Waals surface area contributed by atoms with E-state index in [0.717, 1.165) is 0 Å². The fraction of sp³-hybridized carbons (Fsp3) is 0.143. The van der Waals surface area contributed by atoms with E-state index < -0.39 is 34.5 Å². The van der Waals surface area contributed by atoms with E-state index in [1.165, 1.54) is 0 Å². The second kappa shape index (κ2) is 4.05. The van der Waals surface area contributed by atoms with Crippen LogP contribution in [0.1, 0.15) is 10.5 Å². The van der Waals surface area contributed by atoms with E-state index in [9.17, 15) is 18.0 Å². The first kappa shape index (κ1) is 12.4. The van der Waals surface area contributed by atoms with Crippen molar-refractivity contribution in [1.29, 1.82) is 0 Å². The van der Waals surface area contributed by atoms with Crippen LogP contribution < -0.4 is 10.5 Å². The summed E-state index contributed by atoms with van der Waals surface area (Å²) in [6.07, 6.45) is -4.39. The van der Waals surface area contributed by atoms with E-state index >= 15 is 0 Å². The summed E-state index contributed by atoms with van der Waals surface area (Å²) in [5.41, 5.74) is 3.94. The summed E-state index contributed by atoms with van der Waals surface area (Å²) in [7, 11) is 0. The molecule has 0 aromatic carbocycles. The lowest BCUT2D eigenvalue weighted by Gasteiger charge is -2.12. The molecular weight excluding hydrogens is 253 g/mol. The zero-order valence-electron chi connectivity index (χ0n) is 7.38. The second-order valence-electron chi connectivity index (χ2n) is 2.55. The number of carbonyl (C=O) groups is 1. The number of amides is 1. The molecule has 0 spiro atoms. The number of aromatic nitrogens is 1. The number of pyridine rings is 1. The van der Waals surface area contributed by atoms with Gasteiger partial charge in [-0.1, -0.05) is 11.6 Å². The number of halogens is 4. The number of alkyl halides is 3. The van der Waals surface area contributed by atoms with E-state index in [1.807, 2.05) is 0 Å². The van der Waals surface area contributed by atoms with Crippen LogP contribution in [0.3, 0.4) is 0 Å². The molecule has 0 bridgehead atoms. The molecule has 1 heterocycles. The van der Waals surface area contributed by atoms with Gasteiger partial charge < -0.3 is 15.6 Å². The van der Waals surface area contributed by atoms with Gasteiger partial charge in [-0.25, -0.2) is 4.98 Å². The molecule has 1 amide bonds. The van der Waals surface area contributed by atoms with Gasteiger partial charge in [-0.2, -0.15) is 0 Å². The van der Waals surface area contributed by atoms with Crippen molar-refractivity contribution in [2.75, 3.05) is 0 Å². The van der Waals surface area contributed by atoms with Crippen LogP contribution in [0.15, 0.2) is 6.20 Å². The molecule has 0 aliphatic heterocycles. The van der Waals surface area contributed by atoms with Gasteiger partial charge in [0.25, 0.3) is 5.91 Å². The van der Waals surface area contributed by atoms with Gasteiger partial charge in [-0.3, -0.25) is 4.79 Å². The highest BCUT2D eigenvalue weighted by Gasteiger charge is 2.35.